The van der Waals surface area contributed by atoms with Crippen LogP contribution < -0.4 is 5.46 Å². The van der Waals surface area contributed by atoms with E-state index < -0.39 is 7.12 Å². The van der Waals surface area contributed by atoms with E-state index in [0.717, 1.165) is 17.6 Å². The average Bonchev–Trinajstić information content (AvgIpc) is 2.47. The molecule has 0 amide bonds. The second-order valence-corrected chi connectivity index (χ2v) is 5.98. The second-order valence-electron chi connectivity index (χ2n) is 5.62. The number of rotatable bonds is 2. The minimum Gasteiger partial charge on any atom is -0.399 e. The van der Waals surface area contributed by atoms with Crippen molar-refractivity contribution in [1.82, 2.24) is 4.98 Å². The highest BCUT2D eigenvalue weighted by Crippen LogP contribution is 2.36. The summed E-state index contributed by atoms with van der Waals surface area (Å²) in [7, 11) is -0.444. The highest BCUT2D eigenvalue weighted by molar-refractivity contribution is 6.65. The first-order valence-electron chi connectivity index (χ1n) is 6.28. The SMILES string of the molecule is CCc1ccc(B2OC(C)(C)C(C)(C)O2)c(Cl)n1. The molecule has 0 aliphatic carbocycles. The Labute approximate surface area is 114 Å². The lowest BCUT2D eigenvalue weighted by atomic mass is 9.80. The Morgan fingerprint density at radius 3 is 2.17 bits per heavy atom. The highest BCUT2D eigenvalue weighted by atomic mass is 35.5. The molecule has 0 radical (unpaired) electrons. The maximum Gasteiger partial charge on any atom is 0.498 e. The summed E-state index contributed by atoms with van der Waals surface area (Å²) in [5, 5.41) is 0.466. The molecule has 1 aliphatic rings. The summed E-state index contributed by atoms with van der Waals surface area (Å²) in [4.78, 5) is 4.34. The molecule has 18 heavy (non-hydrogen) atoms. The van der Waals surface area contributed by atoms with Gasteiger partial charge in [0.25, 0.3) is 0 Å². The van der Waals surface area contributed by atoms with Gasteiger partial charge in [-0.2, -0.15) is 0 Å². The van der Waals surface area contributed by atoms with Gasteiger partial charge in [0.05, 0.1) is 11.2 Å². The van der Waals surface area contributed by atoms with E-state index >= 15 is 0 Å². The first kappa shape index (κ1) is 13.8. The van der Waals surface area contributed by atoms with Crippen LogP contribution in [-0.2, 0) is 15.7 Å². The number of halogens is 1. The first-order valence-corrected chi connectivity index (χ1v) is 6.65. The molecule has 0 atom stereocenters. The molecular weight excluding hydrogens is 248 g/mol. The summed E-state index contributed by atoms with van der Waals surface area (Å²) in [6, 6.07) is 3.91. The molecule has 2 rings (SSSR count). The normalized spacial score (nSPS) is 21.3. The van der Waals surface area contributed by atoms with Crippen LogP contribution in [0.2, 0.25) is 5.15 Å². The van der Waals surface area contributed by atoms with Crippen molar-refractivity contribution < 1.29 is 9.31 Å². The van der Waals surface area contributed by atoms with Gasteiger partial charge in [0, 0.05) is 11.2 Å². The van der Waals surface area contributed by atoms with Crippen molar-refractivity contribution >= 4 is 24.2 Å². The van der Waals surface area contributed by atoms with Crippen molar-refractivity contribution in [2.45, 2.75) is 52.2 Å². The quantitative estimate of drug-likeness (QED) is 0.610. The first-order chi connectivity index (χ1) is 8.27. The number of hydrogen-bond acceptors (Lipinski definition) is 3. The molecule has 98 valence electrons. The van der Waals surface area contributed by atoms with Gasteiger partial charge in [0.15, 0.2) is 0 Å². The number of nitrogens with zero attached hydrogens (tertiary/aromatic N) is 1. The summed E-state index contributed by atoms with van der Waals surface area (Å²) >= 11 is 6.20. The molecule has 3 nitrogen and oxygen atoms in total. The summed E-state index contributed by atoms with van der Waals surface area (Å²) in [6.45, 7) is 10.1. The molecule has 1 aliphatic heterocycles. The molecule has 0 unspecified atom stereocenters. The van der Waals surface area contributed by atoms with E-state index in [4.69, 9.17) is 20.9 Å². The van der Waals surface area contributed by atoms with Gasteiger partial charge < -0.3 is 9.31 Å². The zero-order valence-electron chi connectivity index (χ0n) is 11.6. The van der Waals surface area contributed by atoms with Crippen molar-refractivity contribution in [2.24, 2.45) is 0 Å². The van der Waals surface area contributed by atoms with Gasteiger partial charge in [-0.05, 0) is 40.2 Å². The largest absolute Gasteiger partial charge is 0.498 e. The maximum atomic E-state index is 6.20. The molecule has 5 heteroatoms. The van der Waals surface area contributed by atoms with Crippen LogP contribution >= 0.6 is 11.6 Å². The van der Waals surface area contributed by atoms with Crippen LogP contribution in [0, 0.1) is 0 Å². The summed E-state index contributed by atoms with van der Waals surface area (Å²) < 4.78 is 11.9. The van der Waals surface area contributed by atoms with Gasteiger partial charge in [0.1, 0.15) is 5.15 Å². The summed E-state index contributed by atoms with van der Waals surface area (Å²) in [6.07, 6.45) is 0.864. The maximum absolute atomic E-state index is 6.20. The Balaban J connectivity index is 2.30. The molecule has 2 heterocycles. The third-order valence-electron chi connectivity index (χ3n) is 3.80. The molecule has 1 aromatic rings. The topological polar surface area (TPSA) is 31.4 Å². The lowest BCUT2D eigenvalue weighted by molar-refractivity contribution is 0.00578. The minimum atomic E-state index is -0.444. The number of hydrogen-bond donors (Lipinski definition) is 0. The zero-order valence-corrected chi connectivity index (χ0v) is 12.3. The Morgan fingerprint density at radius 2 is 1.72 bits per heavy atom. The third kappa shape index (κ3) is 2.29. The van der Waals surface area contributed by atoms with Gasteiger partial charge >= 0.3 is 7.12 Å². The van der Waals surface area contributed by atoms with Crippen LogP contribution in [0.3, 0.4) is 0 Å². The summed E-state index contributed by atoms with van der Waals surface area (Å²) in [5.74, 6) is 0. The van der Waals surface area contributed by atoms with Gasteiger partial charge in [-0.25, -0.2) is 4.98 Å². The van der Waals surface area contributed by atoms with Gasteiger partial charge in [-0.1, -0.05) is 24.6 Å². The molecule has 1 aromatic heterocycles. The molecule has 0 N–H and O–H groups in total. The molecule has 0 saturated carbocycles. The van der Waals surface area contributed by atoms with Crippen molar-refractivity contribution in [1.29, 1.82) is 0 Å². The lowest BCUT2D eigenvalue weighted by Crippen LogP contribution is -2.41. The lowest BCUT2D eigenvalue weighted by Gasteiger charge is -2.32. The fourth-order valence-electron chi connectivity index (χ4n) is 1.83. The fourth-order valence-corrected chi connectivity index (χ4v) is 2.09. The van der Waals surface area contributed by atoms with E-state index in [1.807, 2.05) is 46.8 Å². The molecule has 1 saturated heterocycles. The molecule has 1 fully saturated rings. The predicted octanol–water partition coefficient (Wildman–Crippen LogP) is 2.60. The molecule has 0 aromatic carbocycles. The van der Waals surface area contributed by atoms with Gasteiger partial charge in [-0.15, -0.1) is 0 Å². The highest BCUT2D eigenvalue weighted by Gasteiger charge is 2.52. The van der Waals surface area contributed by atoms with Crippen LogP contribution in [0.15, 0.2) is 12.1 Å². The van der Waals surface area contributed by atoms with E-state index in [1.165, 1.54) is 0 Å². The van der Waals surface area contributed by atoms with E-state index in [-0.39, 0.29) is 11.2 Å². The summed E-state index contributed by atoms with van der Waals surface area (Å²) in [5.41, 5.74) is 1.06. The van der Waals surface area contributed by atoms with Crippen LogP contribution in [0.1, 0.15) is 40.3 Å². The van der Waals surface area contributed by atoms with Crippen LogP contribution in [0.25, 0.3) is 0 Å². The standard InChI is InChI=1S/C13H19BClNO2/c1-6-9-7-8-10(11(15)16-9)14-17-12(2,3)13(4,5)18-14/h7-8H,6H2,1-5H3. The van der Waals surface area contributed by atoms with Crippen LogP contribution in [0.5, 0.6) is 0 Å². The van der Waals surface area contributed by atoms with Gasteiger partial charge in [0.2, 0.25) is 0 Å². The van der Waals surface area contributed by atoms with Crippen molar-refractivity contribution in [3.05, 3.63) is 23.0 Å². The predicted molar refractivity (Wildman–Crippen MR) is 74.3 cm³/mol. The van der Waals surface area contributed by atoms with E-state index in [9.17, 15) is 0 Å². The van der Waals surface area contributed by atoms with Crippen molar-refractivity contribution in [2.75, 3.05) is 0 Å². The number of aryl methyl sites for hydroxylation is 1. The van der Waals surface area contributed by atoms with E-state index in [2.05, 4.69) is 4.98 Å². The van der Waals surface area contributed by atoms with Crippen LogP contribution in [-0.4, -0.2) is 23.3 Å². The Kier molecular flexibility index (Phi) is 3.47. The van der Waals surface area contributed by atoms with Crippen LogP contribution in [0.4, 0.5) is 0 Å². The average molecular weight is 268 g/mol. The zero-order chi connectivity index (χ0) is 13.6. The number of pyridine rings is 1. The fraction of sp³-hybridized carbons (Fsp3) is 0.615. The monoisotopic (exact) mass is 267 g/mol. The minimum absolute atomic E-state index is 0.357. The van der Waals surface area contributed by atoms with Gasteiger partial charge in [-0.3, -0.25) is 0 Å². The Morgan fingerprint density at radius 1 is 1.17 bits per heavy atom. The Bertz CT molecular complexity index is 446. The molecular formula is C13H19BClNO2. The van der Waals surface area contributed by atoms with Crippen molar-refractivity contribution in [3.63, 3.8) is 0 Å². The number of aromatic nitrogens is 1. The van der Waals surface area contributed by atoms with E-state index in [0.29, 0.717) is 5.15 Å². The smallest absolute Gasteiger partial charge is 0.399 e. The second kappa shape index (κ2) is 4.51. The molecule has 0 spiro atoms. The van der Waals surface area contributed by atoms with E-state index in [1.54, 1.807) is 0 Å². The molecule has 0 bridgehead atoms. The van der Waals surface area contributed by atoms with Crippen molar-refractivity contribution in [3.8, 4) is 0 Å². The Hall–Kier alpha value is -0.575. The third-order valence-corrected chi connectivity index (χ3v) is 4.11.